The molecule has 1 aliphatic carbocycles. The molecule has 0 spiro atoms. The highest BCUT2D eigenvalue weighted by Gasteiger charge is 2.33. The van der Waals surface area contributed by atoms with Crippen LogP contribution in [-0.4, -0.2) is 34.7 Å². The summed E-state index contributed by atoms with van der Waals surface area (Å²) in [4.78, 5) is 29.8. The topological polar surface area (TPSA) is 64.4 Å². The Morgan fingerprint density at radius 1 is 1.53 bits per heavy atom. The van der Waals surface area contributed by atoms with Crippen molar-refractivity contribution in [2.75, 3.05) is 18.1 Å². The van der Waals surface area contributed by atoms with E-state index >= 15 is 0 Å². The van der Waals surface area contributed by atoms with Gasteiger partial charge in [-0.15, -0.1) is 0 Å². The Bertz CT molecular complexity index is 508. The maximum absolute atomic E-state index is 12.2. The molecule has 1 fully saturated rings. The van der Waals surface area contributed by atoms with Crippen LogP contribution in [0.3, 0.4) is 0 Å². The van der Waals surface area contributed by atoms with Crippen molar-refractivity contribution >= 4 is 11.8 Å². The molecule has 0 N–H and O–H groups in total. The molecule has 1 aromatic heterocycles. The van der Waals surface area contributed by atoms with Gasteiger partial charge in [-0.25, -0.2) is 4.98 Å². The number of ether oxygens (including phenoxy) is 1. The predicted octanol–water partition coefficient (Wildman–Crippen LogP) is 0.795. The van der Waals surface area contributed by atoms with E-state index in [1.165, 1.54) is 0 Å². The van der Waals surface area contributed by atoms with E-state index in [-0.39, 0.29) is 24.1 Å². The summed E-state index contributed by atoms with van der Waals surface area (Å²) in [6.45, 7) is 4.70. The average Bonchev–Trinajstić information content (AvgIpc) is 3.21. The minimum absolute atomic E-state index is 0.0917. The van der Waals surface area contributed by atoms with Gasteiger partial charge in [-0.05, 0) is 26.7 Å². The molecule has 0 aromatic carbocycles. The van der Waals surface area contributed by atoms with Crippen LogP contribution in [0.4, 0.5) is 5.82 Å². The summed E-state index contributed by atoms with van der Waals surface area (Å²) in [6.07, 6.45) is 5.23. The van der Waals surface area contributed by atoms with Crippen molar-refractivity contribution in [2.45, 2.75) is 39.3 Å². The first-order valence-corrected chi connectivity index (χ1v) is 6.65. The normalized spacial score (nSPS) is 14.2. The first-order chi connectivity index (χ1) is 9.17. The maximum atomic E-state index is 12.2. The van der Waals surface area contributed by atoms with Crippen molar-refractivity contribution in [1.29, 1.82) is 0 Å². The second kappa shape index (κ2) is 5.86. The van der Waals surface area contributed by atoms with Gasteiger partial charge in [0.2, 0.25) is 0 Å². The third-order valence-corrected chi connectivity index (χ3v) is 3.10. The van der Waals surface area contributed by atoms with E-state index in [4.69, 9.17) is 4.74 Å². The standard InChI is InChI=1S/C13H19N3O3/c1-3-15-8-7-14-12(13(15)18)16(10-5-6-10)9-11(17)19-4-2/h7-8,10H,3-6,9H2,1-2H3. The Morgan fingerprint density at radius 3 is 2.84 bits per heavy atom. The molecular formula is C13H19N3O3. The zero-order valence-electron chi connectivity index (χ0n) is 11.3. The van der Waals surface area contributed by atoms with Crippen LogP contribution in [-0.2, 0) is 16.1 Å². The first-order valence-electron chi connectivity index (χ1n) is 6.65. The van der Waals surface area contributed by atoms with Gasteiger partial charge < -0.3 is 14.2 Å². The highest BCUT2D eigenvalue weighted by Crippen LogP contribution is 2.28. The molecule has 6 nitrogen and oxygen atoms in total. The van der Waals surface area contributed by atoms with Crippen molar-refractivity contribution in [1.82, 2.24) is 9.55 Å². The second-order valence-corrected chi connectivity index (χ2v) is 4.51. The van der Waals surface area contributed by atoms with Gasteiger partial charge in [-0.2, -0.15) is 0 Å². The van der Waals surface area contributed by atoms with Gasteiger partial charge in [-0.1, -0.05) is 0 Å². The lowest BCUT2D eigenvalue weighted by atomic mass is 10.4. The van der Waals surface area contributed by atoms with Crippen LogP contribution in [0.2, 0.25) is 0 Å². The van der Waals surface area contributed by atoms with Gasteiger partial charge in [0, 0.05) is 25.0 Å². The summed E-state index contributed by atoms with van der Waals surface area (Å²) in [7, 11) is 0. The Labute approximate surface area is 112 Å². The van der Waals surface area contributed by atoms with Crippen LogP contribution >= 0.6 is 0 Å². The molecule has 1 heterocycles. The zero-order chi connectivity index (χ0) is 13.8. The van der Waals surface area contributed by atoms with E-state index in [0.29, 0.717) is 19.0 Å². The molecule has 19 heavy (non-hydrogen) atoms. The molecule has 0 aliphatic heterocycles. The van der Waals surface area contributed by atoms with Crippen LogP contribution in [0.5, 0.6) is 0 Å². The van der Waals surface area contributed by atoms with Gasteiger partial charge in [0.05, 0.1) is 6.61 Å². The van der Waals surface area contributed by atoms with Crippen molar-refractivity contribution < 1.29 is 9.53 Å². The number of carbonyl (C=O) groups is 1. The summed E-state index contributed by atoms with van der Waals surface area (Å²) >= 11 is 0. The summed E-state index contributed by atoms with van der Waals surface area (Å²) in [5.41, 5.74) is -0.152. The molecule has 104 valence electrons. The number of anilines is 1. The molecule has 1 aliphatic rings. The quantitative estimate of drug-likeness (QED) is 0.712. The lowest BCUT2D eigenvalue weighted by Crippen LogP contribution is -2.38. The largest absolute Gasteiger partial charge is 0.465 e. The molecular weight excluding hydrogens is 246 g/mol. The predicted molar refractivity (Wildman–Crippen MR) is 71.2 cm³/mol. The van der Waals surface area contributed by atoms with Gasteiger partial charge in [0.25, 0.3) is 5.56 Å². The Balaban J connectivity index is 2.24. The molecule has 0 amide bonds. The van der Waals surface area contributed by atoms with Crippen LogP contribution in [0, 0.1) is 0 Å². The fraction of sp³-hybridized carbons (Fsp3) is 0.615. The van der Waals surface area contributed by atoms with E-state index in [1.54, 1.807) is 28.8 Å². The SMILES string of the molecule is CCOC(=O)CN(c1nccn(CC)c1=O)C1CC1. The summed E-state index contributed by atoms with van der Waals surface area (Å²) in [5.74, 6) is 0.0300. The van der Waals surface area contributed by atoms with E-state index in [0.717, 1.165) is 12.8 Å². The van der Waals surface area contributed by atoms with Crippen LogP contribution < -0.4 is 10.5 Å². The first kappa shape index (κ1) is 13.6. The lowest BCUT2D eigenvalue weighted by Gasteiger charge is -2.22. The molecule has 0 bridgehead atoms. The number of hydrogen-bond donors (Lipinski definition) is 0. The van der Waals surface area contributed by atoms with Crippen LogP contribution in [0.25, 0.3) is 0 Å². The molecule has 1 aromatic rings. The second-order valence-electron chi connectivity index (χ2n) is 4.51. The monoisotopic (exact) mass is 265 g/mol. The van der Waals surface area contributed by atoms with Gasteiger partial charge >= 0.3 is 5.97 Å². The fourth-order valence-corrected chi connectivity index (χ4v) is 1.99. The summed E-state index contributed by atoms with van der Waals surface area (Å²) < 4.78 is 6.54. The Hall–Kier alpha value is -1.85. The maximum Gasteiger partial charge on any atom is 0.325 e. The summed E-state index contributed by atoms with van der Waals surface area (Å²) in [6, 6.07) is 0.234. The van der Waals surface area contributed by atoms with Gasteiger partial charge in [0.15, 0.2) is 5.82 Å². The van der Waals surface area contributed by atoms with E-state index < -0.39 is 0 Å². The van der Waals surface area contributed by atoms with E-state index in [1.807, 2.05) is 6.92 Å². The fourth-order valence-electron chi connectivity index (χ4n) is 1.99. The zero-order valence-corrected chi connectivity index (χ0v) is 11.3. The average molecular weight is 265 g/mol. The summed E-state index contributed by atoms with van der Waals surface area (Å²) in [5, 5.41) is 0. The minimum atomic E-state index is -0.317. The highest BCUT2D eigenvalue weighted by molar-refractivity contribution is 5.75. The molecule has 2 rings (SSSR count). The molecule has 0 unspecified atom stereocenters. The number of rotatable bonds is 6. The van der Waals surface area contributed by atoms with Crippen LogP contribution in [0.15, 0.2) is 17.2 Å². The lowest BCUT2D eigenvalue weighted by molar-refractivity contribution is -0.141. The number of aryl methyl sites for hydroxylation is 1. The molecule has 0 saturated heterocycles. The smallest absolute Gasteiger partial charge is 0.325 e. The number of aromatic nitrogens is 2. The van der Waals surface area contributed by atoms with Gasteiger partial charge in [0.1, 0.15) is 6.54 Å². The molecule has 6 heteroatoms. The van der Waals surface area contributed by atoms with Crippen molar-refractivity contribution in [3.05, 3.63) is 22.7 Å². The molecule has 1 saturated carbocycles. The van der Waals surface area contributed by atoms with Crippen LogP contribution in [0.1, 0.15) is 26.7 Å². The third kappa shape index (κ3) is 3.13. The number of hydrogen-bond acceptors (Lipinski definition) is 5. The Morgan fingerprint density at radius 2 is 2.26 bits per heavy atom. The van der Waals surface area contributed by atoms with Gasteiger partial charge in [-0.3, -0.25) is 9.59 Å². The number of esters is 1. The van der Waals surface area contributed by atoms with Crippen molar-refractivity contribution in [3.63, 3.8) is 0 Å². The Kier molecular flexibility index (Phi) is 4.19. The highest BCUT2D eigenvalue weighted by atomic mass is 16.5. The molecule has 0 atom stereocenters. The number of nitrogens with zero attached hydrogens (tertiary/aromatic N) is 3. The number of carbonyl (C=O) groups excluding carboxylic acids is 1. The van der Waals surface area contributed by atoms with Crippen molar-refractivity contribution in [3.8, 4) is 0 Å². The van der Waals surface area contributed by atoms with Crippen molar-refractivity contribution in [2.24, 2.45) is 0 Å². The third-order valence-electron chi connectivity index (χ3n) is 3.10. The minimum Gasteiger partial charge on any atom is -0.465 e. The molecule has 0 radical (unpaired) electrons. The van der Waals surface area contributed by atoms with E-state index in [9.17, 15) is 9.59 Å². The van der Waals surface area contributed by atoms with E-state index in [2.05, 4.69) is 4.98 Å².